The van der Waals surface area contributed by atoms with Gasteiger partial charge in [0.2, 0.25) is 0 Å². The van der Waals surface area contributed by atoms with E-state index in [4.69, 9.17) is 0 Å². The van der Waals surface area contributed by atoms with Crippen molar-refractivity contribution in [3.05, 3.63) is 24.3 Å². The highest BCUT2D eigenvalue weighted by Crippen LogP contribution is 2.58. The van der Waals surface area contributed by atoms with Gasteiger partial charge in [-0.15, -0.1) is 0 Å². The van der Waals surface area contributed by atoms with E-state index in [0.29, 0.717) is 12.2 Å². The fourth-order valence-corrected chi connectivity index (χ4v) is 4.00. The quantitative estimate of drug-likeness (QED) is 0.602. The van der Waals surface area contributed by atoms with E-state index in [1.165, 1.54) is 6.42 Å². The molecule has 88 valence electrons. The Hall–Kier alpha value is -0.850. The highest BCUT2D eigenvalue weighted by Gasteiger charge is 2.53. The van der Waals surface area contributed by atoms with E-state index >= 15 is 0 Å². The fourth-order valence-electron chi connectivity index (χ4n) is 4.00. The molecule has 2 fully saturated rings. The molecule has 0 radical (unpaired) electrons. The maximum atomic E-state index is 12.3. The molecule has 2 aliphatic rings. The minimum atomic E-state index is -0.0336. The Morgan fingerprint density at radius 2 is 1.81 bits per heavy atom. The first-order valence-corrected chi connectivity index (χ1v) is 6.19. The largest absolute Gasteiger partial charge is 0.299 e. The maximum absolute atomic E-state index is 12.3. The molecule has 0 unspecified atom stereocenters. The van der Waals surface area contributed by atoms with Gasteiger partial charge in [-0.1, -0.05) is 40.3 Å². The summed E-state index contributed by atoms with van der Waals surface area (Å²) < 4.78 is 0. The lowest BCUT2D eigenvalue weighted by Crippen LogP contribution is -2.50. The van der Waals surface area contributed by atoms with Gasteiger partial charge >= 0.3 is 0 Å². The second-order valence-corrected chi connectivity index (χ2v) is 6.42. The lowest BCUT2D eigenvalue weighted by atomic mass is 9.49. The summed E-state index contributed by atoms with van der Waals surface area (Å²) in [6.45, 7) is 14.9. The third-order valence-electron chi connectivity index (χ3n) is 4.76. The second kappa shape index (κ2) is 3.32. The van der Waals surface area contributed by atoms with Gasteiger partial charge in [-0.25, -0.2) is 0 Å². The third kappa shape index (κ3) is 1.41. The first-order valence-electron chi connectivity index (χ1n) is 6.19. The van der Waals surface area contributed by atoms with Crippen molar-refractivity contribution in [2.75, 3.05) is 0 Å². The predicted molar refractivity (Wildman–Crippen MR) is 67.1 cm³/mol. The Labute approximate surface area is 98.6 Å². The van der Waals surface area contributed by atoms with Gasteiger partial charge in [0, 0.05) is 17.8 Å². The van der Waals surface area contributed by atoms with Crippen molar-refractivity contribution in [3.63, 3.8) is 0 Å². The molecule has 2 atom stereocenters. The van der Waals surface area contributed by atoms with E-state index in [-0.39, 0.29) is 16.7 Å². The minimum absolute atomic E-state index is 0.0336. The SMILES string of the molecule is C=C1CC(=O)[C@H]2C(C)(C)CCC[C@]2(C)C1=C. The number of allylic oxidation sites excluding steroid dienone is 2. The van der Waals surface area contributed by atoms with Crippen molar-refractivity contribution in [2.45, 2.75) is 46.5 Å². The van der Waals surface area contributed by atoms with Crippen LogP contribution in [-0.2, 0) is 4.79 Å². The van der Waals surface area contributed by atoms with Gasteiger partial charge < -0.3 is 0 Å². The summed E-state index contributed by atoms with van der Waals surface area (Å²) in [5, 5.41) is 0. The van der Waals surface area contributed by atoms with E-state index in [1.807, 2.05) is 0 Å². The number of fused-ring (bicyclic) bond motifs is 1. The zero-order valence-corrected chi connectivity index (χ0v) is 10.7. The fraction of sp³-hybridized carbons (Fsp3) is 0.667. The van der Waals surface area contributed by atoms with Crippen LogP contribution in [0.1, 0.15) is 46.5 Å². The smallest absolute Gasteiger partial charge is 0.141 e. The van der Waals surface area contributed by atoms with E-state index in [9.17, 15) is 4.79 Å². The molecule has 1 heteroatoms. The molecular weight excluding hydrogens is 196 g/mol. The molecule has 16 heavy (non-hydrogen) atoms. The number of hydrogen-bond donors (Lipinski definition) is 0. The van der Waals surface area contributed by atoms with Crippen molar-refractivity contribution in [3.8, 4) is 0 Å². The number of carbonyl (C=O) groups excluding carboxylic acids is 1. The van der Waals surface area contributed by atoms with Gasteiger partial charge in [-0.05, 0) is 29.4 Å². The molecule has 2 aliphatic carbocycles. The summed E-state index contributed by atoms with van der Waals surface area (Å²) in [5.74, 6) is 0.524. The summed E-state index contributed by atoms with van der Waals surface area (Å²) in [7, 11) is 0. The van der Waals surface area contributed by atoms with Crippen LogP contribution in [0, 0.1) is 16.7 Å². The molecule has 0 spiro atoms. The Balaban J connectivity index is 2.49. The van der Waals surface area contributed by atoms with Crippen LogP contribution in [0.25, 0.3) is 0 Å². The second-order valence-electron chi connectivity index (χ2n) is 6.42. The molecule has 1 nitrogen and oxygen atoms in total. The summed E-state index contributed by atoms with van der Waals surface area (Å²) >= 11 is 0. The van der Waals surface area contributed by atoms with E-state index in [1.54, 1.807) is 0 Å². The molecule has 0 bridgehead atoms. The Morgan fingerprint density at radius 3 is 2.44 bits per heavy atom. The predicted octanol–water partition coefficient (Wildman–Crippen LogP) is 3.90. The van der Waals surface area contributed by atoms with Gasteiger partial charge in [0.1, 0.15) is 5.78 Å². The van der Waals surface area contributed by atoms with Crippen LogP contribution in [0.4, 0.5) is 0 Å². The summed E-state index contributed by atoms with van der Waals surface area (Å²) in [5.41, 5.74) is 2.17. The van der Waals surface area contributed by atoms with Gasteiger partial charge in [-0.2, -0.15) is 0 Å². The van der Waals surface area contributed by atoms with E-state index < -0.39 is 0 Å². The van der Waals surface area contributed by atoms with Crippen molar-refractivity contribution < 1.29 is 4.79 Å². The van der Waals surface area contributed by atoms with Crippen LogP contribution < -0.4 is 0 Å². The summed E-state index contributed by atoms with van der Waals surface area (Å²) in [6.07, 6.45) is 3.95. The lowest BCUT2D eigenvalue weighted by molar-refractivity contribution is -0.135. The molecule has 0 aliphatic heterocycles. The van der Waals surface area contributed by atoms with Crippen molar-refractivity contribution in [2.24, 2.45) is 16.7 Å². The zero-order chi connectivity index (χ0) is 12.1. The van der Waals surface area contributed by atoms with Crippen molar-refractivity contribution in [1.29, 1.82) is 0 Å². The first kappa shape index (κ1) is 11.6. The summed E-state index contributed by atoms with van der Waals surface area (Å²) in [4.78, 5) is 12.3. The van der Waals surface area contributed by atoms with Crippen LogP contribution in [0.2, 0.25) is 0 Å². The molecule has 2 rings (SSSR count). The molecule has 0 aromatic heterocycles. The minimum Gasteiger partial charge on any atom is -0.299 e. The van der Waals surface area contributed by atoms with Gasteiger partial charge in [0.05, 0.1) is 0 Å². The lowest BCUT2D eigenvalue weighted by Gasteiger charge is -2.53. The molecule has 0 saturated heterocycles. The van der Waals surface area contributed by atoms with Gasteiger partial charge in [-0.3, -0.25) is 4.79 Å². The van der Waals surface area contributed by atoms with E-state index in [2.05, 4.69) is 33.9 Å². The van der Waals surface area contributed by atoms with Crippen molar-refractivity contribution >= 4 is 5.78 Å². The Kier molecular flexibility index (Phi) is 2.41. The monoisotopic (exact) mass is 218 g/mol. The zero-order valence-electron chi connectivity index (χ0n) is 10.7. The Morgan fingerprint density at radius 1 is 1.19 bits per heavy atom. The average molecular weight is 218 g/mol. The van der Waals surface area contributed by atoms with Crippen LogP contribution in [-0.4, -0.2) is 5.78 Å². The van der Waals surface area contributed by atoms with Crippen LogP contribution in [0.15, 0.2) is 24.3 Å². The molecule has 0 N–H and O–H groups in total. The first-order chi connectivity index (χ1) is 7.29. The number of Topliss-reactive ketones (excluding diaryl/α,β-unsaturated/α-hetero) is 1. The van der Waals surface area contributed by atoms with E-state index in [0.717, 1.165) is 24.0 Å². The molecule has 0 aromatic rings. The maximum Gasteiger partial charge on any atom is 0.141 e. The third-order valence-corrected chi connectivity index (χ3v) is 4.76. The number of rotatable bonds is 0. The number of ketones is 1. The number of carbonyl (C=O) groups is 1. The Bertz CT molecular complexity index is 375. The number of hydrogen-bond acceptors (Lipinski definition) is 1. The normalized spacial score (nSPS) is 38.4. The standard InChI is InChI=1S/C15H22O/c1-10-9-12(16)13-14(3,4)7-6-8-15(13,5)11(10)2/h13H,1-2,6-9H2,3-5H3/t13-,15+/m0/s1. The molecule has 0 aromatic carbocycles. The van der Waals surface area contributed by atoms with Gasteiger partial charge in [0.15, 0.2) is 0 Å². The molecule has 0 amide bonds. The van der Waals surface area contributed by atoms with Crippen LogP contribution >= 0.6 is 0 Å². The topological polar surface area (TPSA) is 17.1 Å². The molecule has 0 heterocycles. The summed E-state index contributed by atoms with van der Waals surface area (Å²) in [6, 6.07) is 0. The molecule has 2 saturated carbocycles. The highest BCUT2D eigenvalue weighted by atomic mass is 16.1. The highest BCUT2D eigenvalue weighted by molar-refractivity contribution is 5.88. The van der Waals surface area contributed by atoms with Crippen molar-refractivity contribution in [1.82, 2.24) is 0 Å². The van der Waals surface area contributed by atoms with Gasteiger partial charge in [0.25, 0.3) is 0 Å². The van der Waals surface area contributed by atoms with Crippen LogP contribution in [0.3, 0.4) is 0 Å². The van der Waals surface area contributed by atoms with Crippen LogP contribution in [0.5, 0.6) is 0 Å². The molecular formula is C15H22O. The average Bonchev–Trinajstić information content (AvgIpc) is 2.12.